The highest BCUT2D eigenvalue weighted by atomic mass is 35.5. The number of fused-ring (bicyclic) bond motifs is 1. The van der Waals surface area contributed by atoms with Crippen molar-refractivity contribution in [2.75, 3.05) is 32.1 Å². The molecule has 7 heteroatoms. The topological polar surface area (TPSA) is 67.6 Å². The zero-order chi connectivity index (χ0) is 16.4. The Hall–Kier alpha value is -1.17. The van der Waals surface area contributed by atoms with Crippen LogP contribution in [-0.4, -0.2) is 43.6 Å². The van der Waals surface area contributed by atoms with E-state index in [4.69, 9.17) is 22.1 Å². The van der Waals surface area contributed by atoms with Gasteiger partial charge in [-0.05, 0) is 42.9 Å². The number of carbonyl (C=O) groups excluding carboxylic acids is 1. The van der Waals surface area contributed by atoms with E-state index in [1.165, 1.54) is 0 Å². The molecule has 134 valence electrons. The molecule has 1 aliphatic carbocycles. The molecule has 1 aliphatic heterocycles. The van der Waals surface area contributed by atoms with Gasteiger partial charge in [-0.3, -0.25) is 4.79 Å². The summed E-state index contributed by atoms with van der Waals surface area (Å²) in [4.78, 5) is 14.4. The Kier molecular flexibility index (Phi) is 6.61. The molecule has 5 nitrogen and oxygen atoms in total. The van der Waals surface area contributed by atoms with Crippen molar-refractivity contribution in [2.45, 2.75) is 25.3 Å². The van der Waals surface area contributed by atoms with Crippen molar-refractivity contribution >= 4 is 35.6 Å². The lowest BCUT2D eigenvalue weighted by Gasteiger charge is -2.19. The molecule has 1 heterocycles. The Bertz CT molecular complexity index is 585. The van der Waals surface area contributed by atoms with Crippen molar-refractivity contribution in [1.82, 2.24) is 4.90 Å². The van der Waals surface area contributed by atoms with Crippen LogP contribution in [0.4, 0.5) is 5.69 Å². The molecule has 3 atom stereocenters. The van der Waals surface area contributed by atoms with Gasteiger partial charge in [0.25, 0.3) is 0 Å². The van der Waals surface area contributed by atoms with Gasteiger partial charge in [0, 0.05) is 37.1 Å². The second kappa shape index (κ2) is 8.28. The summed E-state index contributed by atoms with van der Waals surface area (Å²) in [6.45, 7) is 2.26. The highest BCUT2D eigenvalue weighted by molar-refractivity contribution is 6.30. The number of hydrogen-bond acceptors (Lipinski definition) is 4. The summed E-state index contributed by atoms with van der Waals surface area (Å²) >= 11 is 6.00. The Labute approximate surface area is 154 Å². The number of rotatable bonds is 5. The van der Waals surface area contributed by atoms with Gasteiger partial charge in [-0.25, -0.2) is 0 Å². The molecular formula is C17H25Cl2N3O2. The normalized spacial score (nSPS) is 25.1. The van der Waals surface area contributed by atoms with E-state index in [1.807, 2.05) is 17.0 Å². The van der Waals surface area contributed by atoms with Crippen LogP contribution in [0.15, 0.2) is 18.2 Å². The van der Waals surface area contributed by atoms with E-state index in [0.717, 1.165) is 37.4 Å². The van der Waals surface area contributed by atoms with Gasteiger partial charge in [0.15, 0.2) is 0 Å². The van der Waals surface area contributed by atoms with Gasteiger partial charge in [-0.1, -0.05) is 11.6 Å². The minimum Gasteiger partial charge on any atom is -0.495 e. The number of halogens is 2. The quantitative estimate of drug-likeness (QED) is 0.832. The standard InChI is InChI=1S/C17H24ClN3O2.ClH/c1-23-16-5-3-12(18)8-15(16)20-7-6-17(22)21-9-11-2-4-14(19)13(11)10-21;/h3,5,8,11,13-14,20H,2,4,6-7,9-10,19H2,1H3;1H. The Morgan fingerprint density at radius 3 is 2.92 bits per heavy atom. The predicted octanol–water partition coefficient (Wildman–Crippen LogP) is 2.77. The fourth-order valence-corrected chi connectivity index (χ4v) is 3.96. The highest BCUT2D eigenvalue weighted by Crippen LogP contribution is 2.37. The van der Waals surface area contributed by atoms with Crippen molar-refractivity contribution < 1.29 is 9.53 Å². The second-order valence-electron chi connectivity index (χ2n) is 6.49. The molecule has 0 aromatic heterocycles. The van der Waals surface area contributed by atoms with Gasteiger partial charge < -0.3 is 20.7 Å². The number of benzene rings is 1. The van der Waals surface area contributed by atoms with Crippen molar-refractivity contribution in [3.8, 4) is 5.75 Å². The van der Waals surface area contributed by atoms with Gasteiger partial charge in [-0.15, -0.1) is 12.4 Å². The summed E-state index contributed by atoms with van der Waals surface area (Å²) in [5.74, 6) is 2.03. The van der Waals surface area contributed by atoms with Gasteiger partial charge >= 0.3 is 0 Å². The molecule has 24 heavy (non-hydrogen) atoms. The summed E-state index contributed by atoms with van der Waals surface area (Å²) in [5.41, 5.74) is 6.94. The molecule has 0 radical (unpaired) electrons. The van der Waals surface area contributed by atoms with Crippen LogP contribution < -0.4 is 15.8 Å². The lowest BCUT2D eigenvalue weighted by Crippen LogP contribution is -2.34. The Morgan fingerprint density at radius 1 is 1.42 bits per heavy atom. The third kappa shape index (κ3) is 4.08. The average Bonchev–Trinajstić information content (AvgIpc) is 3.10. The van der Waals surface area contributed by atoms with Crippen LogP contribution in [0.3, 0.4) is 0 Å². The molecule has 1 amide bonds. The summed E-state index contributed by atoms with van der Waals surface area (Å²) < 4.78 is 5.29. The Balaban J connectivity index is 0.00000208. The van der Waals surface area contributed by atoms with E-state index in [9.17, 15) is 4.79 Å². The smallest absolute Gasteiger partial charge is 0.224 e. The third-order valence-electron chi connectivity index (χ3n) is 5.08. The molecule has 1 saturated heterocycles. The summed E-state index contributed by atoms with van der Waals surface area (Å²) in [7, 11) is 1.62. The van der Waals surface area contributed by atoms with Crippen LogP contribution in [0.1, 0.15) is 19.3 Å². The zero-order valence-corrected chi connectivity index (χ0v) is 15.4. The largest absolute Gasteiger partial charge is 0.495 e. The first-order valence-electron chi connectivity index (χ1n) is 8.19. The van der Waals surface area contributed by atoms with Crippen LogP contribution in [0.2, 0.25) is 5.02 Å². The number of nitrogens with two attached hydrogens (primary N) is 1. The van der Waals surface area contributed by atoms with E-state index >= 15 is 0 Å². The first kappa shape index (κ1) is 19.2. The number of amides is 1. The summed E-state index contributed by atoms with van der Waals surface area (Å²) in [5, 5.41) is 3.88. The van der Waals surface area contributed by atoms with Crippen LogP contribution in [0, 0.1) is 11.8 Å². The number of nitrogens with one attached hydrogen (secondary N) is 1. The fraction of sp³-hybridized carbons (Fsp3) is 0.588. The van der Waals surface area contributed by atoms with E-state index in [1.54, 1.807) is 13.2 Å². The van der Waals surface area contributed by atoms with E-state index in [-0.39, 0.29) is 24.4 Å². The number of likely N-dealkylation sites (tertiary alicyclic amines) is 1. The van der Waals surface area contributed by atoms with Crippen LogP contribution in [0.5, 0.6) is 5.75 Å². The van der Waals surface area contributed by atoms with E-state index in [2.05, 4.69) is 5.32 Å². The predicted molar refractivity (Wildman–Crippen MR) is 99.1 cm³/mol. The number of methoxy groups -OCH3 is 1. The van der Waals surface area contributed by atoms with Crippen LogP contribution in [0.25, 0.3) is 0 Å². The molecule has 0 bridgehead atoms. The maximum Gasteiger partial charge on any atom is 0.224 e. The Morgan fingerprint density at radius 2 is 2.21 bits per heavy atom. The zero-order valence-electron chi connectivity index (χ0n) is 13.8. The van der Waals surface area contributed by atoms with E-state index in [0.29, 0.717) is 29.8 Å². The molecule has 0 spiro atoms. The lowest BCUT2D eigenvalue weighted by molar-refractivity contribution is -0.130. The fourth-order valence-electron chi connectivity index (χ4n) is 3.79. The lowest BCUT2D eigenvalue weighted by atomic mass is 9.98. The molecule has 2 fully saturated rings. The number of anilines is 1. The second-order valence-corrected chi connectivity index (χ2v) is 6.92. The minimum atomic E-state index is 0. The maximum absolute atomic E-state index is 12.4. The SMILES string of the molecule is COc1ccc(Cl)cc1NCCC(=O)N1CC2CCC(N)C2C1.Cl. The van der Waals surface area contributed by atoms with Crippen molar-refractivity contribution in [2.24, 2.45) is 17.6 Å². The summed E-state index contributed by atoms with van der Waals surface area (Å²) in [6, 6.07) is 5.68. The van der Waals surface area contributed by atoms with Crippen LogP contribution >= 0.6 is 24.0 Å². The summed E-state index contributed by atoms with van der Waals surface area (Å²) in [6.07, 6.45) is 2.73. The van der Waals surface area contributed by atoms with Crippen molar-refractivity contribution in [3.63, 3.8) is 0 Å². The van der Waals surface area contributed by atoms with Crippen LogP contribution in [-0.2, 0) is 4.79 Å². The number of hydrogen-bond donors (Lipinski definition) is 2. The van der Waals surface area contributed by atoms with Gasteiger partial charge in [-0.2, -0.15) is 0 Å². The molecule has 1 saturated carbocycles. The molecule has 2 aliphatic rings. The third-order valence-corrected chi connectivity index (χ3v) is 5.32. The van der Waals surface area contributed by atoms with Gasteiger partial charge in [0.05, 0.1) is 12.8 Å². The first-order chi connectivity index (χ1) is 11.1. The molecule has 3 unspecified atom stereocenters. The molecule has 1 aromatic carbocycles. The minimum absolute atomic E-state index is 0. The monoisotopic (exact) mass is 373 g/mol. The van der Waals surface area contributed by atoms with Crippen molar-refractivity contribution in [3.05, 3.63) is 23.2 Å². The first-order valence-corrected chi connectivity index (χ1v) is 8.57. The van der Waals surface area contributed by atoms with Crippen molar-refractivity contribution in [1.29, 1.82) is 0 Å². The van der Waals surface area contributed by atoms with Gasteiger partial charge in [0.1, 0.15) is 5.75 Å². The van der Waals surface area contributed by atoms with E-state index < -0.39 is 0 Å². The number of carbonyl (C=O) groups is 1. The average molecular weight is 374 g/mol. The maximum atomic E-state index is 12.4. The number of ether oxygens (including phenoxy) is 1. The highest BCUT2D eigenvalue weighted by Gasteiger charge is 2.42. The van der Waals surface area contributed by atoms with Gasteiger partial charge in [0.2, 0.25) is 5.91 Å². The number of nitrogens with zero attached hydrogens (tertiary/aromatic N) is 1. The molecule has 3 rings (SSSR count). The molecular weight excluding hydrogens is 349 g/mol. The molecule has 3 N–H and O–H groups in total. The molecule has 1 aromatic rings.